The lowest BCUT2D eigenvalue weighted by molar-refractivity contribution is 0.927. The Kier molecular flexibility index (Phi) is 3.37. The van der Waals surface area contributed by atoms with Crippen molar-refractivity contribution >= 4 is 5.84 Å². The fraction of sp³-hybridized carbons (Fsp3) is 0.444. The third kappa shape index (κ3) is 2.82. The second-order valence-corrected chi connectivity index (χ2v) is 2.81. The molecule has 0 radical (unpaired) electrons. The third-order valence-electron chi connectivity index (χ3n) is 1.55. The Morgan fingerprint density at radius 2 is 2.23 bits per heavy atom. The highest BCUT2D eigenvalue weighted by atomic mass is 14.9. The monoisotopic (exact) mass is 178 g/mol. The van der Waals surface area contributed by atoms with Crippen molar-refractivity contribution in [3.63, 3.8) is 0 Å². The van der Waals surface area contributed by atoms with Gasteiger partial charge in [-0.15, -0.1) is 0 Å². The van der Waals surface area contributed by atoms with Crippen molar-refractivity contribution in [2.75, 3.05) is 6.54 Å². The van der Waals surface area contributed by atoms with Gasteiger partial charge in [-0.2, -0.15) is 0 Å². The van der Waals surface area contributed by atoms with Gasteiger partial charge in [-0.1, -0.05) is 6.92 Å². The van der Waals surface area contributed by atoms with Crippen molar-refractivity contribution in [1.82, 2.24) is 9.97 Å². The quantitative estimate of drug-likeness (QED) is 0.552. The zero-order valence-electron chi connectivity index (χ0n) is 7.99. The van der Waals surface area contributed by atoms with Crippen LogP contribution in [0.1, 0.15) is 24.7 Å². The van der Waals surface area contributed by atoms with E-state index in [0.717, 1.165) is 18.7 Å². The summed E-state index contributed by atoms with van der Waals surface area (Å²) in [5.41, 5.74) is 7.21. The zero-order chi connectivity index (χ0) is 9.68. The van der Waals surface area contributed by atoms with Gasteiger partial charge >= 0.3 is 0 Å². The minimum absolute atomic E-state index is 0.467. The first-order valence-electron chi connectivity index (χ1n) is 4.33. The molecule has 0 aliphatic carbocycles. The molecule has 0 amide bonds. The van der Waals surface area contributed by atoms with Gasteiger partial charge in [0.2, 0.25) is 0 Å². The van der Waals surface area contributed by atoms with Gasteiger partial charge in [0, 0.05) is 12.7 Å². The molecule has 0 saturated heterocycles. The molecule has 0 saturated carbocycles. The zero-order valence-corrected chi connectivity index (χ0v) is 7.99. The molecule has 13 heavy (non-hydrogen) atoms. The molecule has 4 heteroatoms. The van der Waals surface area contributed by atoms with Gasteiger partial charge < -0.3 is 5.73 Å². The van der Waals surface area contributed by atoms with Gasteiger partial charge in [0.15, 0.2) is 0 Å². The van der Waals surface area contributed by atoms with Crippen LogP contribution in [0.5, 0.6) is 0 Å². The molecule has 0 spiro atoms. The summed E-state index contributed by atoms with van der Waals surface area (Å²) in [5, 5.41) is 0. The van der Waals surface area contributed by atoms with E-state index in [2.05, 4.69) is 21.9 Å². The maximum absolute atomic E-state index is 5.68. The minimum atomic E-state index is 0.467. The van der Waals surface area contributed by atoms with Crippen LogP contribution in [-0.2, 0) is 0 Å². The Morgan fingerprint density at radius 3 is 2.77 bits per heavy atom. The molecule has 1 aromatic heterocycles. The molecule has 1 aromatic rings. The van der Waals surface area contributed by atoms with Crippen LogP contribution in [0, 0.1) is 6.92 Å². The van der Waals surface area contributed by atoms with E-state index in [4.69, 9.17) is 5.73 Å². The highest BCUT2D eigenvalue weighted by Crippen LogP contribution is 1.93. The molecule has 0 aliphatic heterocycles. The maximum atomic E-state index is 5.68. The Labute approximate surface area is 77.9 Å². The van der Waals surface area contributed by atoms with Crippen molar-refractivity contribution in [2.45, 2.75) is 20.3 Å². The Bertz CT molecular complexity index is 289. The molecule has 1 heterocycles. The number of rotatable bonds is 3. The van der Waals surface area contributed by atoms with Gasteiger partial charge in [-0.3, -0.25) is 9.98 Å². The predicted octanol–water partition coefficient (Wildman–Crippen LogP) is 0.900. The third-order valence-corrected chi connectivity index (χ3v) is 1.55. The summed E-state index contributed by atoms with van der Waals surface area (Å²) < 4.78 is 0. The molecule has 0 aliphatic rings. The van der Waals surface area contributed by atoms with Crippen LogP contribution in [0.4, 0.5) is 0 Å². The van der Waals surface area contributed by atoms with E-state index in [-0.39, 0.29) is 0 Å². The molecule has 0 bridgehead atoms. The van der Waals surface area contributed by atoms with E-state index in [1.165, 1.54) is 0 Å². The minimum Gasteiger partial charge on any atom is -0.382 e. The van der Waals surface area contributed by atoms with E-state index in [1.807, 2.05) is 6.92 Å². The molecule has 0 unspecified atom stereocenters. The molecule has 0 atom stereocenters. The van der Waals surface area contributed by atoms with E-state index in [9.17, 15) is 0 Å². The molecule has 4 nitrogen and oxygen atoms in total. The first-order valence-corrected chi connectivity index (χ1v) is 4.33. The molecular weight excluding hydrogens is 164 g/mol. The van der Waals surface area contributed by atoms with Crippen LogP contribution < -0.4 is 5.73 Å². The first kappa shape index (κ1) is 9.64. The number of amidine groups is 1. The van der Waals surface area contributed by atoms with Gasteiger partial charge in [-0.05, 0) is 13.3 Å². The van der Waals surface area contributed by atoms with Gasteiger partial charge in [0.05, 0.1) is 11.9 Å². The number of aryl methyl sites for hydroxylation is 1. The van der Waals surface area contributed by atoms with E-state index >= 15 is 0 Å². The van der Waals surface area contributed by atoms with Gasteiger partial charge in [-0.25, -0.2) is 4.98 Å². The summed E-state index contributed by atoms with van der Waals surface area (Å²) in [6, 6.07) is 0. The Hall–Kier alpha value is -1.45. The smallest absolute Gasteiger partial charge is 0.146 e. The first-order chi connectivity index (χ1) is 6.24. The van der Waals surface area contributed by atoms with Crippen molar-refractivity contribution in [3.05, 3.63) is 23.8 Å². The number of nitrogens with zero attached hydrogens (tertiary/aromatic N) is 3. The van der Waals surface area contributed by atoms with Crippen molar-refractivity contribution in [1.29, 1.82) is 0 Å². The summed E-state index contributed by atoms with van der Waals surface area (Å²) in [5.74, 6) is 0.467. The van der Waals surface area contributed by atoms with Crippen LogP contribution in [0.25, 0.3) is 0 Å². The summed E-state index contributed by atoms with van der Waals surface area (Å²) in [6.07, 6.45) is 4.31. The lowest BCUT2D eigenvalue weighted by Crippen LogP contribution is -2.16. The van der Waals surface area contributed by atoms with Crippen molar-refractivity contribution in [2.24, 2.45) is 10.7 Å². The normalized spacial score (nSPS) is 11.7. The van der Waals surface area contributed by atoms with Crippen LogP contribution in [0.2, 0.25) is 0 Å². The molecule has 0 fully saturated rings. The molecule has 2 N–H and O–H groups in total. The van der Waals surface area contributed by atoms with Crippen LogP contribution in [-0.4, -0.2) is 22.3 Å². The topological polar surface area (TPSA) is 64.2 Å². The number of aromatic nitrogens is 2. The van der Waals surface area contributed by atoms with Gasteiger partial charge in [0.25, 0.3) is 0 Å². The summed E-state index contributed by atoms with van der Waals surface area (Å²) in [4.78, 5) is 12.3. The summed E-state index contributed by atoms with van der Waals surface area (Å²) >= 11 is 0. The maximum Gasteiger partial charge on any atom is 0.146 e. The average molecular weight is 178 g/mol. The average Bonchev–Trinajstić information content (AvgIpc) is 2.15. The number of aliphatic imine (C=N–C) groups is 1. The van der Waals surface area contributed by atoms with Crippen molar-refractivity contribution in [3.8, 4) is 0 Å². The number of hydrogen-bond donors (Lipinski definition) is 1. The number of nitrogens with two attached hydrogens (primary N) is 1. The second kappa shape index (κ2) is 4.54. The summed E-state index contributed by atoms with van der Waals surface area (Å²) in [7, 11) is 0. The molecule has 70 valence electrons. The van der Waals surface area contributed by atoms with Gasteiger partial charge in [0.1, 0.15) is 11.5 Å². The van der Waals surface area contributed by atoms with E-state index in [0.29, 0.717) is 11.5 Å². The summed E-state index contributed by atoms with van der Waals surface area (Å²) in [6.45, 7) is 4.68. The van der Waals surface area contributed by atoms with E-state index in [1.54, 1.807) is 12.4 Å². The standard InChI is InChI=1S/C9H14N4/c1-3-4-11-9(10)8-6-12-7(2)5-13-8/h5-6H,3-4H2,1-2H3,(H2,10,11). The molecular formula is C9H14N4. The van der Waals surface area contributed by atoms with E-state index < -0.39 is 0 Å². The van der Waals surface area contributed by atoms with Crippen LogP contribution in [0.3, 0.4) is 0 Å². The second-order valence-electron chi connectivity index (χ2n) is 2.81. The van der Waals surface area contributed by atoms with Crippen LogP contribution in [0.15, 0.2) is 17.4 Å². The van der Waals surface area contributed by atoms with Crippen LogP contribution >= 0.6 is 0 Å². The highest BCUT2D eigenvalue weighted by molar-refractivity contribution is 5.95. The molecule has 0 aromatic carbocycles. The SMILES string of the molecule is CCCN=C(N)c1cnc(C)cn1. The lowest BCUT2D eigenvalue weighted by Gasteiger charge is -1.98. The highest BCUT2D eigenvalue weighted by Gasteiger charge is 1.98. The lowest BCUT2D eigenvalue weighted by atomic mass is 10.4. The fourth-order valence-corrected chi connectivity index (χ4v) is 0.838. The predicted molar refractivity (Wildman–Crippen MR) is 52.7 cm³/mol. The number of hydrogen-bond acceptors (Lipinski definition) is 3. The molecule has 1 rings (SSSR count). The Balaban J connectivity index is 2.77. The van der Waals surface area contributed by atoms with Crippen molar-refractivity contribution < 1.29 is 0 Å². The fourth-order valence-electron chi connectivity index (χ4n) is 0.838. The Morgan fingerprint density at radius 1 is 1.46 bits per heavy atom. The largest absolute Gasteiger partial charge is 0.382 e.